The molecule has 25 heavy (non-hydrogen) atoms. The predicted molar refractivity (Wildman–Crippen MR) is 105 cm³/mol. The summed E-state index contributed by atoms with van der Waals surface area (Å²) in [5.74, 6) is 6.40. The number of allylic oxidation sites excluding steroid dienone is 1. The molecule has 0 spiro atoms. The molecule has 0 aliphatic heterocycles. The van der Waals surface area contributed by atoms with Gasteiger partial charge in [0.2, 0.25) is 0 Å². The molecule has 8 unspecified atom stereocenters. The van der Waals surface area contributed by atoms with E-state index in [1.54, 1.807) is 12.0 Å². The number of fused-ring (bicyclic) bond motifs is 5. The van der Waals surface area contributed by atoms with Crippen molar-refractivity contribution in [3.8, 4) is 0 Å². The first-order chi connectivity index (χ1) is 12.1. The van der Waals surface area contributed by atoms with E-state index in [2.05, 4.69) is 26.8 Å². The van der Waals surface area contributed by atoms with Crippen LogP contribution in [0.3, 0.4) is 0 Å². The summed E-state index contributed by atoms with van der Waals surface area (Å²) in [6, 6.07) is 0. The van der Waals surface area contributed by atoms with E-state index in [1.807, 2.05) is 0 Å². The largest absolute Gasteiger partial charge is 0.396 e. The first-order valence-corrected chi connectivity index (χ1v) is 11.4. The van der Waals surface area contributed by atoms with Crippen LogP contribution in [-0.4, -0.2) is 11.7 Å². The van der Waals surface area contributed by atoms with Crippen molar-refractivity contribution in [1.82, 2.24) is 0 Å². The van der Waals surface area contributed by atoms with Crippen LogP contribution in [-0.2, 0) is 0 Å². The zero-order chi connectivity index (χ0) is 17.6. The Bertz CT molecular complexity index is 508. The van der Waals surface area contributed by atoms with Gasteiger partial charge in [0.1, 0.15) is 0 Å². The molecule has 0 heterocycles. The topological polar surface area (TPSA) is 20.2 Å². The second-order valence-corrected chi connectivity index (χ2v) is 10.3. The Morgan fingerprint density at radius 2 is 1.92 bits per heavy atom. The molecule has 1 nitrogen and oxygen atoms in total. The molecule has 0 aromatic carbocycles. The van der Waals surface area contributed by atoms with E-state index < -0.39 is 0 Å². The Labute approximate surface area is 155 Å². The van der Waals surface area contributed by atoms with Crippen molar-refractivity contribution in [1.29, 1.82) is 0 Å². The third-order valence-corrected chi connectivity index (χ3v) is 9.21. The molecule has 3 saturated carbocycles. The summed E-state index contributed by atoms with van der Waals surface area (Å²) < 4.78 is 0. The van der Waals surface area contributed by atoms with Crippen molar-refractivity contribution >= 4 is 0 Å². The first-order valence-electron chi connectivity index (χ1n) is 11.4. The van der Waals surface area contributed by atoms with Crippen LogP contribution < -0.4 is 0 Å². The van der Waals surface area contributed by atoms with Crippen molar-refractivity contribution in [2.24, 2.45) is 46.8 Å². The molecular formula is C24H40O. The van der Waals surface area contributed by atoms with Gasteiger partial charge in [0, 0.05) is 12.5 Å². The molecule has 4 aliphatic carbocycles. The van der Waals surface area contributed by atoms with Gasteiger partial charge in [-0.2, -0.15) is 0 Å². The maximum Gasteiger partial charge on any atom is 0.0494 e. The van der Waals surface area contributed by atoms with Crippen LogP contribution in [0.2, 0.25) is 0 Å². The van der Waals surface area contributed by atoms with E-state index in [-0.39, 0.29) is 0 Å². The lowest BCUT2D eigenvalue weighted by atomic mass is 9.49. The number of rotatable bonds is 4. The van der Waals surface area contributed by atoms with Gasteiger partial charge >= 0.3 is 0 Å². The highest BCUT2D eigenvalue weighted by Crippen LogP contribution is 2.63. The fourth-order valence-electron chi connectivity index (χ4n) is 8.08. The van der Waals surface area contributed by atoms with Crippen LogP contribution in [0.5, 0.6) is 0 Å². The molecular weight excluding hydrogens is 304 g/mol. The highest BCUT2D eigenvalue weighted by molar-refractivity contribution is 5.27. The summed E-state index contributed by atoms with van der Waals surface area (Å²) in [7, 11) is 0. The molecule has 8 atom stereocenters. The Balaban J connectivity index is 1.48. The fourth-order valence-corrected chi connectivity index (χ4v) is 8.08. The van der Waals surface area contributed by atoms with Crippen LogP contribution in [0.15, 0.2) is 11.6 Å². The molecule has 1 N–H and O–H groups in total. The van der Waals surface area contributed by atoms with E-state index >= 15 is 0 Å². The molecule has 4 aliphatic rings. The van der Waals surface area contributed by atoms with E-state index in [0.29, 0.717) is 17.9 Å². The minimum Gasteiger partial charge on any atom is -0.396 e. The number of aliphatic hydroxyl groups is 1. The highest BCUT2D eigenvalue weighted by Gasteiger charge is 2.54. The van der Waals surface area contributed by atoms with Crippen LogP contribution in [0.4, 0.5) is 0 Å². The fraction of sp³-hybridized carbons (Fsp3) is 0.917. The third-order valence-electron chi connectivity index (χ3n) is 9.21. The van der Waals surface area contributed by atoms with Gasteiger partial charge in [-0.05, 0) is 85.9 Å². The molecule has 0 bridgehead atoms. The van der Waals surface area contributed by atoms with Crippen LogP contribution in [0.1, 0.15) is 85.0 Å². The maximum atomic E-state index is 9.71. The molecule has 0 aromatic heterocycles. The molecule has 0 radical (unpaired) electrons. The van der Waals surface area contributed by atoms with Crippen LogP contribution >= 0.6 is 0 Å². The lowest BCUT2D eigenvalue weighted by Crippen LogP contribution is -2.48. The molecule has 4 rings (SSSR count). The summed E-state index contributed by atoms with van der Waals surface area (Å²) in [5.41, 5.74) is 2.00. The van der Waals surface area contributed by atoms with Gasteiger partial charge in [-0.3, -0.25) is 0 Å². The van der Waals surface area contributed by atoms with Crippen molar-refractivity contribution in [3.05, 3.63) is 11.6 Å². The number of hydrogen-bond acceptors (Lipinski definition) is 1. The number of aliphatic hydroxyl groups excluding tert-OH is 1. The van der Waals surface area contributed by atoms with Crippen molar-refractivity contribution in [3.63, 3.8) is 0 Å². The number of hydrogen-bond donors (Lipinski definition) is 1. The second-order valence-electron chi connectivity index (χ2n) is 10.3. The van der Waals surface area contributed by atoms with Crippen LogP contribution in [0.25, 0.3) is 0 Å². The molecule has 1 heteroatoms. The minimum atomic E-state index is 0.325. The average molecular weight is 345 g/mol. The zero-order valence-corrected chi connectivity index (χ0v) is 16.8. The summed E-state index contributed by atoms with van der Waals surface area (Å²) in [4.78, 5) is 0. The van der Waals surface area contributed by atoms with E-state index in [9.17, 15) is 5.11 Å². The van der Waals surface area contributed by atoms with E-state index in [1.165, 1.54) is 57.8 Å². The Morgan fingerprint density at radius 3 is 2.68 bits per heavy atom. The normalized spacial score (nSPS) is 47.4. The average Bonchev–Trinajstić information content (AvgIpc) is 2.98. The van der Waals surface area contributed by atoms with Gasteiger partial charge < -0.3 is 5.11 Å². The summed E-state index contributed by atoms with van der Waals surface area (Å²) in [6.45, 7) is 7.47. The second kappa shape index (κ2) is 7.02. The molecule has 0 aromatic rings. The molecule has 3 fully saturated rings. The third kappa shape index (κ3) is 2.93. The van der Waals surface area contributed by atoms with Gasteiger partial charge in [-0.25, -0.2) is 0 Å². The van der Waals surface area contributed by atoms with E-state index in [4.69, 9.17) is 0 Å². The van der Waals surface area contributed by atoms with Crippen molar-refractivity contribution in [2.45, 2.75) is 85.0 Å². The Kier molecular flexibility index (Phi) is 5.08. The molecule has 0 saturated heterocycles. The van der Waals surface area contributed by atoms with Crippen molar-refractivity contribution in [2.75, 3.05) is 6.61 Å². The Morgan fingerprint density at radius 1 is 1.12 bits per heavy atom. The predicted octanol–water partition coefficient (Wildman–Crippen LogP) is 6.22. The van der Waals surface area contributed by atoms with Gasteiger partial charge in [-0.1, -0.05) is 51.7 Å². The van der Waals surface area contributed by atoms with Gasteiger partial charge in [-0.15, -0.1) is 0 Å². The summed E-state index contributed by atoms with van der Waals surface area (Å²) in [5, 5.41) is 9.71. The first kappa shape index (κ1) is 18.1. The summed E-state index contributed by atoms with van der Waals surface area (Å²) >= 11 is 0. The van der Waals surface area contributed by atoms with Crippen molar-refractivity contribution < 1.29 is 5.11 Å². The standard InChI is InChI=1S/C24H40O/c1-4-5-17-6-8-19-18(14-17)7-9-21-20(19)12-13-24(3)22(16(2)15-25)10-11-23(21)24/h10,16-21,23,25H,4-9,11-15H2,1-3H3. The van der Waals surface area contributed by atoms with E-state index in [0.717, 1.165) is 35.5 Å². The Hall–Kier alpha value is -0.300. The molecule has 0 amide bonds. The monoisotopic (exact) mass is 344 g/mol. The zero-order valence-electron chi connectivity index (χ0n) is 16.8. The van der Waals surface area contributed by atoms with Crippen LogP contribution in [0, 0.1) is 46.8 Å². The summed E-state index contributed by atoms with van der Waals surface area (Å²) in [6.07, 6.45) is 17.2. The SMILES string of the molecule is CCCC1CCC2C(CCC3C2CCC2(C)C(C(C)CO)=CCC32)C1. The lowest BCUT2D eigenvalue weighted by molar-refractivity contribution is -0.0534. The quantitative estimate of drug-likeness (QED) is 0.600. The van der Waals surface area contributed by atoms with Gasteiger partial charge in [0.05, 0.1) is 0 Å². The smallest absolute Gasteiger partial charge is 0.0494 e. The lowest BCUT2D eigenvalue weighted by Gasteiger charge is -2.56. The minimum absolute atomic E-state index is 0.325. The molecule has 142 valence electrons. The maximum absolute atomic E-state index is 9.71. The van der Waals surface area contributed by atoms with Gasteiger partial charge in [0.25, 0.3) is 0 Å². The highest BCUT2D eigenvalue weighted by atomic mass is 16.3. The van der Waals surface area contributed by atoms with Gasteiger partial charge in [0.15, 0.2) is 0 Å².